The van der Waals surface area contributed by atoms with Gasteiger partial charge in [-0.05, 0) is 38.5 Å². The molecule has 0 aromatic heterocycles. The van der Waals surface area contributed by atoms with Crippen LogP contribution in [-0.2, 0) is 9.53 Å². The molecule has 0 radical (unpaired) electrons. The summed E-state index contributed by atoms with van der Waals surface area (Å²) in [5, 5.41) is 0. The molecule has 1 aromatic carbocycles. The van der Waals surface area contributed by atoms with Gasteiger partial charge < -0.3 is 14.4 Å². The molecular formula is C17H23NO4. The SMILES string of the molecule is CCOC(=O)CCN1CC(CC)Oc2ccc(C(C)=O)cc21. The number of anilines is 1. The Kier molecular flexibility index (Phi) is 5.41. The Morgan fingerprint density at radius 3 is 2.77 bits per heavy atom. The molecule has 1 aliphatic heterocycles. The van der Waals surface area contributed by atoms with Crippen molar-refractivity contribution in [1.82, 2.24) is 0 Å². The van der Waals surface area contributed by atoms with Gasteiger partial charge in [0.25, 0.3) is 0 Å². The van der Waals surface area contributed by atoms with E-state index in [1.54, 1.807) is 19.9 Å². The maximum atomic E-state index is 11.6. The third-order valence-electron chi connectivity index (χ3n) is 3.77. The van der Waals surface area contributed by atoms with Crippen LogP contribution in [0.3, 0.4) is 0 Å². The number of hydrogen-bond donors (Lipinski definition) is 0. The highest BCUT2D eigenvalue weighted by molar-refractivity contribution is 5.95. The predicted octanol–water partition coefficient (Wildman–Crippen LogP) is 2.82. The topological polar surface area (TPSA) is 55.8 Å². The number of hydrogen-bond acceptors (Lipinski definition) is 5. The van der Waals surface area contributed by atoms with Crippen molar-refractivity contribution in [1.29, 1.82) is 0 Å². The van der Waals surface area contributed by atoms with Crippen LogP contribution in [0.2, 0.25) is 0 Å². The summed E-state index contributed by atoms with van der Waals surface area (Å²) in [5.41, 5.74) is 1.53. The van der Waals surface area contributed by atoms with E-state index in [0.29, 0.717) is 31.7 Å². The lowest BCUT2D eigenvalue weighted by Gasteiger charge is -2.36. The van der Waals surface area contributed by atoms with Gasteiger partial charge in [0, 0.05) is 12.1 Å². The van der Waals surface area contributed by atoms with E-state index in [1.165, 1.54) is 0 Å². The number of benzene rings is 1. The minimum atomic E-state index is -0.202. The number of nitrogens with zero attached hydrogens (tertiary/aromatic N) is 1. The van der Waals surface area contributed by atoms with Crippen LogP contribution in [0.4, 0.5) is 5.69 Å². The molecule has 0 bridgehead atoms. The van der Waals surface area contributed by atoms with Crippen molar-refractivity contribution in [2.75, 3.05) is 24.6 Å². The molecule has 0 amide bonds. The summed E-state index contributed by atoms with van der Waals surface area (Å²) in [6.45, 7) is 7.09. The van der Waals surface area contributed by atoms with E-state index in [0.717, 1.165) is 17.9 Å². The number of fused-ring (bicyclic) bond motifs is 1. The molecule has 0 fully saturated rings. The van der Waals surface area contributed by atoms with E-state index >= 15 is 0 Å². The second-order valence-corrected chi connectivity index (χ2v) is 5.39. The molecule has 0 saturated heterocycles. The van der Waals surface area contributed by atoms with Crippen LogP contribution in [0.1, 0.15) is 44.0 Å². The lowest BCUT2D eigenvalue weighted by atomic mass is 10.1. The van der Waals surface area contributed by atoms with Crippen molar-refractivity contribution in [3.8, 4) is 5.75 Å². The van der Waals surface area contributed by atoms with Crippen molar-refractivity contribution in [3.63, 3.8) is 0 Å². The lowest BCUT2D eigenvalue weighted by Crippen LogP contribution is -2.41. The van der Waals surface area contributed by atoms with Gasteiger partial charge in [-0.2, -0.15) is 0 Å². The highest BCUT2D eigenvalue weighted by Crippen LogP contribution is 2.35. The quantitative estimate of drug-likeness (QED) is 0.597. The molecule has 2 rings (SSSR count). The van der Waals surface area contributed by atoms with Gasteiger partial charge in [0.05, 0.1) is 25.3 Å². The molecule has 1 aliphatic rings. The highest BCUT2D eigenvalue weighted by atomic mass is 16.5. The van der Waals surface area contributed by atoms with Crippen molar-refractivity contribution in [3.05, 3.63) is 23.8 Å². The maximum absolute atomic E-state index is 11.6. The Labute approximate surface area is 131 Å². The zero-order chi connectivity index (χ0) is 16.1. The summed E-state index contributed by atoms with van der Waals surface area (Å²) in [4.78, 5) is 25.3. The number of Topliss-reactive ketones (excluding diaryl/α,β-unsaturated/α-hetero) is 1. The van der Waals surface area contributed by atoms with Gasteiger partial charge in [-0.3, -0.25) is 9.59 Å². The molecule has 1 unspecified atom stereocenters. The largest absolute Gasteiger partial charge is 0.486 e. The first-order valence-corrected chi connectivity index (χ1v) is 7.77. The monoisotopic (exact) mass is 305 g/mol. The average Bonchev–Trinajstić information content (AvgIpc) is 2.51. The van der Waals surface area contributed by atoms with E-state index in [4.69, 9.17) is 9.47 Å². The number of carbonyl (C=O) groups excluding carboxylic acids is 2. The zero-order valence-electron chi connectivity index (χ0n) is 13.4. The van der Waals surface area contributed by atoms with Gasteiger partial charge in [-0.15, -0.1) is 0 Å². The van der Waals surface area contributed by atoms with Crippen LogP contribution in [0.25, 0.3) is 0 Å². The minimum absolute atomic E-state index is 0.0192. The Morgan fingerprint density at radius 2 is 2.14 bits per heavy atom. The third-order valence-corrected chi connectivity index (χ3v) is 3.77. The molecule has 0 spiro atoms. The number of rotatable bonds is 6. The molecule has 5 nitrogen and oxygen atoms in total. The normalized spacial score (nSPS) is 16.7. The fraction of sp³-hybridized carbons (Fsp3) is 0.529. The van der Waals surface area contributed by atoms with Gasteiger partial charge in [0.15, 0.2) is 5.78 Å². The smallest absolute Gasteiger partial charge is 0.307 e. The molecule has 1 atom stereocenters. The summed E-state index contributed by atoms with van der Waals surface area (Å²) >= 11 is 0. The van der Waals surface area contributed by atoms with Crippen LogP contribution in [0.15, 0.2) is 18.2 Å². The number of ketones is 1. The molecule has 0 N–H and O–H groups in total. The second kappa shape index (κ2) is 7.29. The van der Waals surface area contributed by atoms with Crippen molar-refractivity contribution in [2.45, 2.75) is 39.7 Å². The highest BCUT2D eigenvalue weighted by Gasteiger charge is 2.25. The van der Waals surface area contributed by atoms with Gasteiger partial charge in [0.2, 0.25) is 0 Å². The average molecular weight is 305 g/mol. The van der Waals surface area contributed by atoms with E-state index in [-0.39, 0.29) is 17.9 Å². The molecular weight excluding hydrogens is 282 g/mol. The predicted molar refractivity (Wildman–Crippen MR) is 84.6 cm³/mol. The Bertz CT molecular complexity index is 556. The molecule has 22 heavy (non-hydrogen) atoms. The number of esters is 1. The van der Waals surface area contributed by atoms with Crippen molar-refractivity contribution < 1.29 is 19.1 Å². The number of ether oxygens (including phenoxy) is 2. The van der Waals surface area contributed by atoms with Crippen LogP contribution in [0.5, 0.6) is 5.75 Å². The summed E-state index contributed by atoms with van der Waals surface area (Å²) in [6, 6.07) is 5.46. The van der Waals surface area contributed by atoms with E-state index in [9.17, 15) is 9.59 Å². The van der Waals surface area contributed by atoms with E-state index in [2.05, 4.69) is 11.8 Å². The molecule has 1 aromatic rings. The van der Waals surface area contributed by atoms with Gasteiger partial charge in [-0.1, -0.05) is 6.92 Å². The van der Waals surface area contributed by atoms with Gasteiger partial charge in [0.1, 0.15) is 11.9 Å². The van der Waals surface area contributed by atoms with Crippen molar-refractivity contribution >= 4 is 17.4 Å². The van der Waals surface area contributed by atoms with Crippen LogP contribution in [-0.4, -0.2) is 37.6 Å². The molecule has 120 valence electrons. The summed E-state index contributed by atoms with van der Waals surface area (Å²) in [5.74, 6) is 0.587. The number of carbonyl (C=O) groups is 2. The van der Waals surface area contributed by atoms with Crippen molar-refractivity contribution in [2.24, 2.45) is 0 Å². The lowest BCUT2D eigenvalue weighted by molar-refractivity contribution is -0.142. The first-order chi connectivity index (χ1) is 10.5. The standard InChI is InChI=1S/C17H23NO4/c1-4-14-11-18(9-8-17(20)21-5-2)15-10-13(12(3)19)6-7-16(15)22-14/h6-7,10,14H,4-5,8-9,11H2,1-3H3. The zero-order valence-corrected chi connectivity index (χ0v) is 13.4. The van der Waals surface area contributed by atoms with Crippen LogP contribution >= 0.6 is 0 Å². The first kappa shape index (κ1) is 16.3. The Hall–Kier alpha value is -2.04. The summed E-state index contributed by atoms with van der Waals surface area (Å²) < 4.78 is 10.9. The molecule has 1 heterocycles. The third kappa shape index (κ3) is 3.78. The van der Waals surface area contributed by atoms with Gasteiger partial charge >= 0.3 is 5.97 Å². The summed E-state index contributed by atoms with van der Waals surface area (Å²) in [6.07, 6.45) is 1.32. The van der Waals surface area contributed by atoms with E-state index in [1.807, 2.05) is 12.1 Å². The fourth-order valence-electron chi connectivity index (χ4n) is 2.53. The maximum Gasteiger partial charge on any atom is 0.307 e. The molecule has 5 heteroatoms. The first-order valence-electron chi connectivity index (χ1n) is 7.77. The van der Waals surface area contributed by atoms with Crippen LogP contribution < -0.4 is 9.64 Å². The minimum Gasteiger partial charge on any atom is -0.486 e. The summed E-state index contributed by atoms with van der Waals surface area (Å²) in [7, 11) is 0. The van der Waals surface area contributed by atoms with E-state index < -0.39 is 0 Å². The van der Waals surface area contributed by atoms with Crippen LogP contribution in [0, 0.1) is 0 Å². The Morgan fingerprint density at radius 1 is 1.36 bits per heavy atom. The Balaban J connectivity index is 2.20. The fourth-order valence-corrected chi connectivity index (χ4v) is 2.53. The van der Waals surface area contributed by atoms with Gasteiger partial charge in [-0.25, -0.2) is 0 Å². The molecule has 0 aliphatic carbocycles. The second-order valence-electron chi connectivity index (χ2n) is 5.39. The molecule has 0 saturated carbocycles.